The third-order valence-corrected chi connectivity index (χ3v) is 3.38. The van der Waals surface area contributed by atoms with Crippen molar-refractivity contribution in [1.29, 1.82) is 0 Å². The molecule has 1 rings (SSSR count). The van der Waals surface area contributed by atoms with Crippen LogP contribution in [-0.2, 0) is 6.18 Å². The minimum atomic E-state index is -4.63. The molecule has 0 bridgehead atoms. The van der Waals surface area contributed by atoms with Crippen molar-refractivity contribution in [2.24, 2.45) is 5.41 Å². The van der Waals surface area contributed by atoms with E-state index in [4.69, 9.17) is 23.2 Å². The van der Waals surface area contributed by atoms with Crippen LogP contribution < -0.4 is 0 Å². The summed E-state index contributed by atoms with van der Waals surface area (Å²) < 4.78 is 38.5. The second kappa shape index (κ2) is 5.10. The predicted octanol–water partition coefficient (Wildman–Crippen LogP) is 4.81. The van der Waals surface area contributed by atoms with Gasteiger partial charge in [0.2, 0.25) is 0 Å². The fourth-order valence-corrected chi connectivity index (χ4v) is 1.67. The summed E-state index contributed by atoms with van der Waals surface area (Å²) in [5, 5.41) is -0.0671. The zero-order valence-electron chi connectivity index (χ0n) is 9.74. The Labute approximate surface area is 113 Å². The second-order valence-corrected chi connectivity index (χ2v) is 5.24. The molecule has 0 amide bonds. The average Bonchev–Trinajstić information content (AvgIpc) is 2.27. The number of carbonyl (C=O) groups is 1. The average molecular weight is 299 g/mol. The molecule has 0 aromatic heterocycles. The van der Waals surface area contributed by atoms with Gasteiger partial charge in [0.1, 0.15) is 0 Å². The summed E-state index contributed by atoms with van der Waals surface area (Å²) in [5.41, 5.74) is -2.49. The molecule has 0 heterocycles. The van der Waals surface area contributed by atoms with Crippen molar-refractivity contribution in [3.05, 3.63) is 34.3 Å². The van der Waals surface area contributed by atoms with Gasteiger partial charge in [-0.2, -0.15) is 13.2 Å². The van der Waals surface area contributed by atoms with Gasteiger partial charge in [-0.25, -0.2) is 0 Å². The molecule has 1 nitrogen and oxygen atoms in total. The highest BCUT2D eigenvalue weighted by Crippen LogP contribution is 2.36. The minimum Gasteiger partial charge on any atom is -0.294 e. The van der Waals surface area contributed by atoms with E-state index in [9.17, 15) is 18.0 Å². The maximum absolute atomic E-state index is 12.8. The van der Waals surface area contributed by atoms with Crippen molar-refractivity contribution < 1.29 is 18.0 Å². The van der Waals surface area contributed by atoms with Crippen LogP contribution in [0.25, 0.3) is 0 Å². The van der Waals surface area contributed by atoms with Gasteiger partial charge >= 0.3 is 6.18 Å². The lowest BCUT2D eigenvalue weighted by atomic mass is 9.84. The topological polar surface area (TPSA) is 17.1 Å². The van der Waals surface area contributed by atoms with E-state index in [-0.39, 0.29) is 10.9 Å². The zero-order valence-corrected chi connectivity index (χ0v) is 11.2. The Morgan fingerprint density at radius 1 is 1.28 bits per heavy atom. The highest BCUT2D eigenvalue weighted by atomic mass is 35.5. The van der Waals surface area contributed by atoms with Crippen molar-refractivity contribution in [1.82, 2.24) is 0 Å². The van der Waals surface area contributed by atoms with Gasteiger partial charge in [0.25, 0.3) is 0 Å². The van der Waals surface area contributed by atoms with Crippen LogP contribution in [0, 0.1) is 5.41 Å². The van der Waals surface area contributed by atoms with Crippen molar-refractivity contribution in [2.75, 3.05) is 5.88 Å². The number of alkyl halides is 4. The van der Waals surface area contributed by atoms with Crippen molar-refractivity contribution in [2.45, 2.75) is 20.0 Å². The minimum absolute atomic E-state index is 0.0637. The molecule has 0 saturated heterocycles. The van der Waals surface area contributed by atoms with Crippen molar-refractivity contribution in [3.63, 3.8) is 0 Å². The van der Waals surface area contributed by atoms with E-state index in [1.54, 1.807) is 0 Å². The number of hydrogen-bond donors (Lipinski definition) is 0. The van der Waals surface area contributed by atoms with Gasteiger partial charge in [-0.05, 0) is 18.2 Å². The number of hydrogen-bond acceptors (Lipinski definition) is 1. The quantitative estimate of drug-likeness (QED) is 0.578. The summed E-state index contributed by atoms with van der Waals surface area (Å²) in [5.74, 6) is -0.715. The van der Waals surface area contributed by atoms with Crippen LogP contribution in [0.4, 0.5) is 13.2 Å². The van der Waals surface area contributed by atoms with E-state index in [1.807, 2.05) is 0 Å². The Balaban J connectivity index is 3.38. The van der Waals surface area contributed by atoms with Gasteiger partial charge in [0.05, 0.1) is 5.56 Å². The number of ketones is 1. The van der Waals surface area contributed by atoms with Crippen LogP contribution in [0.15, 0.2) is 18.2 Å². The molecule has 1 aromatic carbocycles. The van der Waals surface area contributed by atoms with Gasteiger partial charge in [-0.15, -0.1) is 11.6 Å². The molecule has 0 saturated carbocycles. The number of rotatable bonds is 3. The molecule has 0 aliphatic rings. The Hall–Kier alpha value is -0.740. The summed E-state index contributed by atoms with van der Waals surface area (Å²) in [6, 6.07) is 3.09. The molecular weight excluding hydrogens is 288 g/mol. The fourth-order valence-electron chi connectivity index (χ4n) is 1.37. The SMILES string of the molecule is CC(C)(CCl)C(=O)c1ccc(Cl)cc1C(F)(F)F. The first-order valence-electron chi connectivity index (χ1n) is 5.07. The molecule has 0 radical (unpaired) electrons. The molecular formula is C12H11Cl2F3O. The lowest BCUT2D eigenvalue weighted by Gasteiger charge is -2.22. The molecule has 0 N–H and O–H groups in total. The first-order valence-corrected chi connectivity index (χ1v) is 5.98. The van der Waals surface area contributed by atoms with E-state index in [1.165, 1.54) is 19.9 Å². The van der Waals surface area contributed by atoms with Gasteiger partial charge < -0.3 is 0 Å². The lowest BCUT2D eigenvalue weighted by Crippen LogP contribution is -2.28. The Kier molecular flexibility index (Phi) is 4.34. The highest BCUT2D eigenvalue weighted by Gasteiger charge is 2.38. The lowest BCUT2D eigenvalue weighted by molar-refractivity contribution is -0.138. The third kappa shape index (κ3) is 3.18. The Bertz CT molecular complexity index is 467. The molecule has 1 aromatic rings. The van der Waals surface area contributed by atoms with Gasteiger partial charge in [0, 0.05) is 21.9 Å². The van der Waals surface area contributed by atoms with Crippen LogP contribution >= 0.6 is 23.2 Å². The Morgan fingerprint density at radius 2 is 1.83 bits per heavy atom. The van der Waals surface area contributed by atoms with Gasteiger partial charge in [-0.3, -0.25) is 4.79 Å². The molecule has 100 valence electrons. The van der Waals surface area contributed by atoms with Crippen LogP contribution in [0.1, 0.15) is 29.8 Å². The molecule has 6 heteroatoms. The Morgan fingerprint density at radius 3 is 2.28 bits per heavy atom. The maximum atomic E-state index is 12.8. The number of Topliss-reactive ketones (excluding diaryl/α,β-unsaturated/α-hetero) is 1. The monoisotopic (exact) mass is 298 g/mol. The van der Waals surface area contributed by atoms with Crippen LogP contribution in [-0.4, -0.2) is 11.7 Å². The summed E-state index contributed by atoms with van der Waals surface area (Å²) in [6.45, 7) is 2.99. The van der Waals surface area contributed by atoms with E-state index < -0.39 is 28.5 Å². The molecule has 18 heavy (non-hydrogen) atoms. The van der Waals surface area contributed by atoms with Gasteiger partial charge in [0.15, 0.2) is 5.78 Å². The molecule has 0 unspecified atom stereocenters. The van der Waals surface area contributed by atoms with Crippen LogP contribution in [0.3, 0.4) is 0 Å². The van der Waals surface area contributed by atoms with Gasteiger partial charge in [-0.1, -0.05) is 25.4 Å². The third-order valence-electron chi connectivity index (χ3n) is 2.48. The predicted molar refractivity (Wildman–Crippen MR) is 65.3 cm³/mol. The summed E-state index contributed by atoms with van der Waals surface area (Å²) in [4.78, 5) is 12.0. The van der Waals surface area contributed by atoms with E-state index in [0.29, 0.717) is 0 Å². The van der Waals surface area contributed by atoms with E-state index in [2.05, 4.69) is 0 Å². The zero-order chi connectivity index (χ0) is 14.1. The number of benzene rings is 1. The summed E-state index contributed by atoms with van der Waals surface area (Å²) in [6.07, 6.45) is -4.63. The standard InChI is InChI=1S/C12H11Cl2F3O/c1-11(2,6-13)10(18)8-4-3-7(14)5-9(8)12(15,16)17/h3-5H,6H2,1-2H3. The second-order valence-electron chi connectivity index (χ2n) is 4.53. The molecule has 0 spiro atoms. The highest BCUT2D eigenvalue weighted by molar-refractivity contribution is 6.30. The number of halogens is 5. The maximum Gasteiger partial charge on any atom is 0.417 e. The van der Waals surface area contributed by atoms with Crippen LogP contribution in [0.2, 0.25) is 5.02 Å². The first-order chi connectivity index (χ1) is 8.09. The van der Waals surface area contributed by atoms with E-state index in [0.717, 1.165) is 12.1 Å². The smallest absolute Gasteiger partial charge is 0.294 e. The molecule has 0 atom stereocenters. The van der Waals surface area contributed by atoms with Crippen molar-refractivity contribution >= 4 is 29.0 Å². The fraction of sp³-hybridized carbons (Fsp3) is 0.417. The van der Waals surface area contributed by atoms with Crippen molar-refractivity contribution in [3.8, 4) is 0 Å². The van der Waals surface area contributed by atoms with Crippen LogP contribution in [0.5, 0.6) is 0 Å². The molecule has 0 fully saturated rings. The van der Waals surface area contributed by atoms with E-state index >= 15 is 0 Å². The normalized spacial score (nSPS) is 12.6. The first kappa shape index (κ1) is 15.3. The summed E-state index contributed by atoms with van der Waals surface area (Å²) >= 11 is 11.1. The largest absolute Gasteiger partial charge is 0.417 e. The molecule has 0 aliphatic heterocycles. The molecule has 0 aliphatic carbocycles. The summed E-state index contributed by atoms with van der Waals surface area (Å²) in [7, 11) is 0. The number of carbonyl (C=O) groups excluding carboxylic acids is 1.